The summed E-state index contributed by atoms with van der Waals surface area (Å²) < 4.78 is 17.5. The molecule has 1 N–H and O–H groups in total. The number of ether oxygens (including phenoxy) is 2. The third-order valence-corrected chi connectivity index (χ3v) is 6.15. The lowest BCUT2D eigenvalue weighted by Gasteiger charge is -2.11. The highest BCUT2D eigenvalue weighted by Crippen LogP contribution is 2.38. The Labute approximate surface area is 199 Å². The van der Waals surface area contributed by atoms with E-state index >= 15 is 0 Å². The molecular formula is C29H27NO4. The van der Waals surface area contributed by atoms with Gasteiger partial charge < -0.3 is 19.2 Å². The topological polar surface area (TPSA) is 60.7 Å². The molecule has 0 atom stereocenters. The van der Waals surface area contributed by atoms with Crippen molar-refractivity contribution in [3.63, 3.8) is 0 Å². The molecule has 172 valence electrons. The molecule has 0 saturated carbocycles. The number of nitrogens with one attached hydrogen (secondary N) is 1. The van der Waals surface area contributed by atoms with E-state index in [0.717, 1.165) is 52.9 Å². The second kappa shape index (κ2) is 9.48. The Kier molecular flexibility index (Phi) is 6.09. The average Bonchev–Trinajstić information content (AvgIpc) is 3.22. The van der Waals surface area contributed by atoms with Crippen molar-refractivity contribution in [2.24, 2.45) is 0 Å². The first-order valence-electron chi connectivity index (χ1n) is 11.6. The summed E-state index contributed by atoms with van der Waals surface area (Å²) in [7, 11) is 1.64. The third kappa shape index (κ3) is 4.55. The molecule has 1 amide bonds. The molecule has 0 aliphatic heterocycles. The van der Waals surface area contributed by atoms with Crippen LogP contribution in [-0.4, -0.2) is 13.0 Å². The van der Waals surface area contributed by atoms with Crippen molar-refractivity contribution in [1.82, 2.24) is 0 Å². The summed E-state index contributed by atoms with van der Waals surface area (Å²) >= 11 is 0. The van der Waals surface area contributed by atoms with Gasteiger partial charge >= 0.3 is 0 Å². The molecule has 0 unspecified atom stereocenters. The smallest absolute Gasteiger partial charge is 0.248 e. The van der Waals surface area contributed by atoms with Gasteiger partial charge in [-0.2, -0.15) is 0 Å². The van der Waals surface area contributed by atoms with Crippen LogP contribution in [0.15, 0.2) is 77.2 Å². The number of methoxy groups -OCH3 is 1. The minimum absolute atomic E-state index is 0.203. The van der Waals surface area contributed by atoms with Gasteiger partial charge in [0, 0.05) is 40.8 Å². The fourth-order valence-corrected chi connectivity index (χ4v) is 4.45. The Bertz CT molecular complexity index is 1350. The van der Waals surface area contributed by atoms with Crippen LogP contribution in [-0.2, 0) is 17.6 Å². The normalized spacial score (nSPS) is 13.4. The summed E-state index contributed by atoms with van der Waals surface area (Å²) in [6.45, 7) is 1.92. The number of rotatable bonds is 6. The quantitative estimate of drug-likeness (QED) is 0.315. The van der Waals surface area contributed by atoms with Crippen LogP contribution >= 0.6 is 0 Å². The van der Waals surface area contributed by atoms with E-state index in [4.69, 9.17) is 13.9 Å². The number of amides is 1. The van der Waals surface area contributed by atoms with Gasteiger partial charge in [-0.1, -0.05) is 18.2 Å². The van der Waals surface area contributed by atoms with E-state index in [-0.39, 0.29) is 5.91 Å². The predicted octanol–water partition coefficient (Wildman–Crippen LogP) is 7.15. The number of furan rings is 1. The first-order chi connectivity index (χ1) is 16.6. The Morgan fingerprint density at radius 2 is 1.71 bits per heavy atom. The van der Waals surface area contributed by atoms with Crippen molar-refractivity contribution in [3.8, 4) is 17.2 Å². The van der Waals surface area contributed by atoms with Crippen LogP contribution in [0, 0.1) is 0 Å². The summed E-state index contributed by atoms with van der Waals surface area (Å²) in [6.07, 6.45) is 5.95. The van der Waals surface area contributed by atoms with Crippen molar-refractivity contribution < 1.29 is 18.7 Å². The zero-order chi connectivity index (χ0) is 23.5. The lowest BCUT2D eigenvalue weighted by molar-refractivity contribution is -0.111. The van der Waals surface area contributed by atoms with E-state index in [2.05, 4.69) is 11.4 Å². The van der Waals surface area contributed by atoms with Crippen molar-refractivity contribution in [2.75, 3.05) is 12.4 Å². The summed E-state index contributed by atoms with van der Waals surface area (Å²) in [5.41, 5.74) is 4.56. The molecule has 1 heterocycles. The fraction of sp³-hybridized carbons (Fsp3) is 0.207. The van der Waals surface area contributed by atoms with Crippen molar-refractivity contribution >= 4 is 28.1 Å². The monoisotopic (exact) mass is 453 g/mol. The zero-order valence-electron chi connectivity index (χ0n) is 19.4. The number of carbonyl (C=O) groups excluding carboxylic acids is 1. The lowest BCUT2D eigenvalue weighted by Crippen LogP contribution is -2.08. The molecule has 0 spiro atoms. The summed E-state index contributed by atoms with van der Waals surface area (Å²) in [4.78, 5) is 12.7. The van der Waals surface area contributed by atoms with E-state index in [1.165, 1.54) is 12.0 Å². The van der Waals surface area contributed by atoms with Crippen LogP contribution in [0.3, 0.4) is 0 Å². The van der Waals surface area contributed by atoms with Gasteiger partial charge in [-0.3, -0.25) is 4.79 Å². The van der Waals surface area contributed by atoms with Crippen LogP contribution in [0.4, 0.5) is 5.69 Å². The van der Waals surface area contributed by atoms with Crippen LogP contribution in [0.2, 0.25) is 0 Å². The van der Waals surface area contributed by atoms with Crippen LogP contribution < -0.4 is 14.8 Å². The van der Waals surface area contributed by atoms with E-state index in [9.17, 15) is 4.79 Å². The Hall–Kier alpha value is -3.99. The fourth-order valence-electron chi connectivity index (χ4n) is 4.45. The number of benzene rings is 3. The van der Waals surface area contributed by atoms with Gasteiger partial charge in [0.1, 0.15) is 28.6 Å². The zero-order valence-corrected chi connectivity index (χ0v) is 19.4. The highest BCUT2D eigenvalue weighted by Gasteiger charge is 2.20. The van der Waals surface area contributed by atoms with Crippen molar-refractivity contribution in [3.05, 3.63) is 89.7 Å². The third-order valence-electron chi connectivity index (χ3n) is 6.15. The largest absolute Gasteiger partial charge is 0.496 e. The molecule has 0 fully saturated rings. The molecule has 5 heteroatoms. The first kappa shape index (κ1) is 21.8. The van der Waals surface area contributed by atoms with Gasteiger partial charge in [0.25, 0.3) is 0 Å². The number of hydrogen-bond acceptors (Lipinski definition) is 4. The Balaban J connectivity index is 1.33. The number of para-hydroxylation sites is 1. The molecule has 1 aromatic heterocycles. The molecule has 0 radical (unpaired) electrons. The number of hydrogen-bond donors (Lipinski definition) is 1. The number of carbonyl (C=O) groups is 1. The molecule has 34 heavy (non-hydrogen) atoms. The molecule has 3 aromatic carbocycles. The van der Waals surface area contributed by atoms with Gasteiger partial charge in [-0.25, -0.2) is 0 Å². The molecule has 1 aliphatic rings. The molecule has 0 bridgehead atoms. The summed E-state index contributed by atoms with van der Waals surface area (Å²) in [6, 6.07) is 20.9. The number of anilines is 1. The predicted molar refractivity (Wildman–Crippen MR) is 135 cm³/mol. The number of fused-ring (bicyclic) bond motifs is 3. The second-order valence-corrected chi connectivity index (χ2v) is 8.52. The number of aryl methyl sites for hydroxylation is 2. The molecule has 5 nitrogen and oxygen atoms in total. The standard InChI is InChI=1S/C29H27NO4/c1-19(24-17-25-23-10-6-7-11-26(23)34-28(25)18-27(24)32-2)16-29(31)30-20-12-14-22(15-13-20)33-21-8-4-3-5-9-21/h3-5,8-9,12-18H,6-7,10-11H2,1-2H3,(H,30,31)/b19-16+. The molecule has 5 rings (SSSR count). The van der Waals surface area contributed by atoms with Crippen LogP contribution in [0.1, 0.15) is 36.7 Å². The minimum atomic E-state index is -0.203. The molecule has 4 aromatic rings. The molecular weight excluding hydrogens is 426 g/mol. The maximum absolute atomic E-state index is 12.7. The Morgan fingerprint density at radius 3 is 2.47 bits per heavy atom. The maximum Gasteiger partial charge on any atom is 0.248 e. The van der Waals surface area contributed by atoms with Gasteiger partial charge in [0.05, 0.1) is 7.11 Å². The summed E-state index contributed by atoms with van der Waals surface area (Å²) in [5, 5.41) is 4.04. The van der Waals surface area contributed by atoms with Crippen molar-refractivity contribution in [2.45, 2.75) is 32.6 Å². The van der Waals surface area contributed by atoms with E-state index < -0.39 is 0 Å². The first-order valence-corrected chi connectivity index (χ1v) is 11.6. The minimum Gasteiger partial charge on any atom is -0.496 e. The van der Waals surface area contributed by atoms with Gasteiger partial charge in [-0.05, 0) is 74.2 Å². The highest BCUT2D eigenvalue weighted by molar-refractivity contribution is 6.04. The van der Waals surface area contributed by atoms with Crippen molar-refractivity contribution in [1.29, 1.82) is 0 Å². The second-order valence-electron chi connectivity index (χ2n) is 8.52. The number of allylic oxidation sites excluding steroid dienone is 1. The van der Waals surface area contributed by atoms with Gasteiger partial charge in [-0.15, -0.1) is 0 Å². The van der Waals surface area contributed by atoms with E-state index in [1.807, 2.05) is 67.6 Å². The molecule has 1 aliphatic carbocycles. The van der Waals surface area contributed by atoms with E-state index in [1.54, 1.807) is 13.2 Å². The summed E-state index contributed by atoms with van der Waals surface area (Å²) in [5.74, 6) is 3.05. The average molecular weight is 454 g/mol. The lowest BCUT2D eigenvalue weighted by atomic mass is 9.94. The van der Waals surface area contributed by atoms with E-state index in [0.29, 0.717) is 17.2 Å². The molecule has 0 saturated heterocycles. The Morgan fingerprint density at radius 1 is 0.971 bits per heavy atom. The SMILES string of the molecule is COc1cc2oc3c(c2cc1/C(C)=C/C(=O)Nc1ccc(Oc2ccccc2)cc1)CCCC3. The van der Waals surface area contributed by atoms with Crippen LogP contribution in [0.25, 0.3) is 16.5 Å². The van der Waals surface area contributed by atoms with Gasteiger partial charge in [0.15, 0.2) is 0 Å². The van der Waals surface area contributed by atoms with Gasteiger partial charge in [0.2, 0.25) is 5.91 Å². The maximum atomic E-state index is 12.7. The highest BCUT2D eigenvalue weighted by atomic mass is 16.5. The van der Waals surface area contributed by atoms with Crippen LogP contribution in [0.5, 0.6) is 17.2 Å².